The van der Waals surface area contributed by atoms with Gasteiger partial charge >= 0.3 is 5.97 Å². The summed E-state index contributed by atoms with van der Waals surface area (Å²) in [5, 5.41) is 12.2. The van der Waals surface area contributed by atoms with Crippen molar-refractivity contribution in [2.45, 2.75) is 71.8 Å². The maximum Gasteiger partial charge on any atom is 0.326 e. The van der Waals surface area contributed by atoms with Crippen LogP contribution in [0, 0.1) is 28.6 Å². The molecule has 0 aliphatic heterocycles. The minimum Gasteiger partial charge on any atom is -0.480 e. The van der Waals surface area contributed by atoms with E-state index in [0.29, 0.717) is 6.42 Å². The van der Waals surface area contributed by atoms with Gasteiger partial charge in [-0.05, 0) is 67.1 Å². The van der Waals surface area contributed by atoms with Crippen LogP contribution in [0.25, 0.3) is 0 Å². The summed E-state index contributed by atoms with van der Waals surface area (Å²) < 4.78 is 0. The van der Waals surface area contributed by atoms with Crippen molar-refractivity contribution in [3.05, 3.63) is 0 Å². The van der Waals surface area contributed by atoms with Crippen molar-refractivity contribution in [2.75, 3.05) is 0 Å². The van der Waals surface area contributed by atoms with Crippen molar-refractivity contribution in [3.63, 3.8) is 0 Å². The summed E-state index contributed by atoms with van der Waals surface area (Å²) in [6.07, 6.45) is 8.15. The SMILES string of the molecule is CC(C)(C)[C@@H](NC(=O)CC12CC3CC(CC(C3)C1)C2)C(=O)O. The van der Waals surface area contributed by atoms with Crippen LogP contribution in [0.2, 0.25) is 0 Å². The fourth-order valence-corrected chi connectivity index (χ4v) is 5.71. The van der Waals surface area contributed by atoms with Crippen molar-refractivity contribution >= 4 is 11.9 Å². The normalized spacial score (nSPS) is 37.9. The zero-order chi connectivity index (χ0) is 16.1. The first-order chi connectivity index (χ1) is 10.2. The summed E-state index contributed by atoms with van der Waals surface area (Å²) in [7, 11) is 0. The molecule has 4 heteroatoms. The quantitative estimate of drug-likeness (QED) is 0.838. The molecule has 1 atom stereocenters. The van der Waals surface area contributed by atoms with Gasteiger partial charge in [-0.3, -0.25) is 4.79 Å². The van der Waals surface area contributed by atoms with Crippen molar-refractivity contribution < 1.29 is 14.7 Å². The zero-order valence-electron chi connectivity index (χ0n) is 14.0. The first kappa shape index (κ1) is 15.8. The zero-order valence-corrected chi connectivity index (χ0v) is 14.0. The number of nitrogens with one attached hydrogen (secondary N) is 1. The number of amides is 1. The summed E-state index contributed by atoms with van der Waals surface area (Å²) in [5.74, 6) is 1.45. The van der Waals surface area contributed by atoms with E-state index in [2.05, 4.69) is 5.32 Å². The van der Waals surface area contributed by atoms with Crippen molar-refractivity contribution in [3.8, 4) is 0 Å². The van der Waals surface area contributed by atoms with Crippen molar-refractivity contribution in [2.24, 2.45) is 28.6 Å². The molecule has 0 aromatic carbocycles. The molecule has 22 heavy (non-hydrogen) atoms. The van der Waals surface area contributed by atoms with E-state index in [9.17, 15) is 14.7 Å². The third kappa shape index (κ3) is 3.02. The first-order valence-corrected chi connectivity index (χ1v) is 8.69. The maximum absolute atomic E-state index is 12.5. The van der Waals surface area contributed by atoms with Gasteiger partial charge in [0.2, 0.25) is 5.91 Å². The van der Waals surface area contributed by atoms with Crippen LogP contribution in [0.4, 0.5) is 0 Å². The van der Waals surface area contributed by atoms with Crippen molar-refractivity contribution in [1.29, 1.82) is 0 Å². The fraction of sp³-hybridized carbons (Fsp3) is 0.889. The summed E-state index contributed by atoms with van der Waals surface area (Å²) in [4.78, 5) is 23.9. The maximum atomic E-state index is 12.5. The second-order valence-electron chi connectivity index (χ2n) is 9.30. The number of aliphatic carboxylic acids is 1. The molecule has 4 saturated carbocycles. The Morgan fingerprint density at radius 1 is 1.09 bits per heavy atom. The molecule has 4 fully saturated rings. The number of carbonyl (C=O) groups excluding carboxylic acids is 1. The lowest BCUT2D eigenvalue weighted by Gasteiger charge is -2.56. The van der Waals surface area contributed by atoms with Gasteiger partial charge in [0.05, 0.1) is 0 Å². The molecule has 0 spiro atoms. The summed E-state index contributed by atoms with van der Waals surface area (Å²) >= 11 is 0. The summed E-state index contributed by atoms with van der Waals surface area (Å²) in [6.45, 7) is 5.57. The Morgan fingerprint density at radius 3 is 1.91 bits per heavy atom. The van der Waals surface area contributed by atoms with Crippen LogP contribution in [-0.4, -0.2) is 23.0 Å². The third-order valence-electron chi connectivity index (χ3n) is 6.12. The molecule has 2 N–H and O–H groups in total. The van der Waals surface area contributed by atoms with Gasteiger partial charge in [0.1, 0.15) is 6.04 Å². The molecule has 4 aliphatic carbocycles. The molecular weight excluding hydrogens is 278 g/mol. The molecule has 1 amide bonds. The largest absolute Gasteiger partial charge is 0.480 e. The van der Waals surface area contributed by atoms with Gasteiger partial charge in [-0.15, -0.1) is 0 Å². The molecular formula is C18H29NO3. The Hall–Kier alpha value is -1.06. The van der Waals surface area contributed by atoms with Gasteiger partial charge in [-0.1, -0.05) is 20.8 Å². The van der Waals surface area contributed by atoms with Crippen LogP contribution in [-0.2, 0) is 9.59 Å². The van der Waals surface area contributed by atoms with Crippen LogP contribution >= 0.6 is 0 Å². The van der Waals surface area contributed by atoms with Crippen LogP contribution < -0.4 is 5.32 Å². The van der Waals surface area contributed by atoms with Crippen LogP contribution in [0.3, 0.4) is 0 Å². The van der Waals surface area contributed by atoms with E-state index in [1.54, 1.807) is 0 Å². The predicted molar refractivity (Wildman–Crippen MR) is 84.2 cm³/mol. The second kappa shape index (κ2) is 5.24. The Kier molecular flexibility index (Phi) is 3.77. The molecule has 0 radical (unpaired) electrons. The highest BCUT2D eigenvalue weighted by Crippen LogP contribution is 2.61. The number of hydrogen-bond acceptors (Lipinski definition) is 2. The number of carboxylic acid groups (broad SMARTS) is 1. The predicted octanol–water partition coefficient (Wildman–Crippen LogP) is 3.21. The Morgan fingerprint density at radius 2 is 1.55 bits per heavy atom. The third-order valence-corrected chi connectivity index (χ3v) is 6.12. The number of hydrogen-bond donors (Lipinski definition) is 2. The van der Waals surface area contributed by atoms with E-state index < -0.39 is 17.4 Å². The van der Waals surface area contributed by atoms with Gasteiger partial charge < -0.3 is 10.4 Å². The van der Waals surface area contributed by atoms with Gasteiger partial charge in [-0.25, -0.2) is 4.79 Å². The average Bonchev–Trinajstić information content (AvgIpc) is 2.31. The minimum absolute atomic E-state index is 0.0655. The minimum atomic E-state index is -0.939. The molecule has 124 valence electrons. The standard InChI is InChI=1S/C18H29NO3/c1-17(2,3)15(16(21)22)19-14(20)10-18-7-11-4-12(8-18)6-13(5-11)9-18/h11-13,15H,4-10H2,1-3H3,(H,19,20)(H,21,22)/t11?,12?,13?,15-,18?/m0/s1. The second-order valence-corrected chi connectivity index (χ2v) is 9.30. The molecule has 4 bridgehead atoms. The van der Waals surface area contributed by atoms with E-state index in [0.717, 1.165) is 17.8 Å². The van der Waals surface area contributed by atoms with Gasteiger partial charge in [0, 0.05) is 6.42 Å². The average molecular weight is 307 g/mol. The lowest BCUT2D eigenvalue weighted by molar-refractivity contribution is -0.146. The van der Waals surface area contributed by atoms with E-state index in [4.69, 9.17) is 0 Å². The van der Waals surface area contributed by atoms with Crippen LogP contribution in [0.1, 0.15) is 65.7 Å². The number of carboxylic acids is 1. The van der Waals surface area contributed by atoms with Crippen molar-refractivity contribution in [1.82, 2.24) is 5.32 Å². The van der Waals surface area contributed by atoms with Gasteiger partial charge in [0.25, 0.3) is 0 Å². The highest BCUT2D eigenvalue weighted by Gasteiger charge is 2.51. The number of carbonyl (C=O) groups is 2. The topological polar surface area (TPSA) is 66.4 Å². The highest BCUT2D eigenvalue weighted by atomic mass is 16.4. The summed E-state index contributed by atoms with van der Waals surface area (Å²) in [6, 6.07) is -0.811. The summed E-state index contributed by atoms with van der Waals surface area (Å²) in [5.41, 5.74) is -0.303. The van der Waals surface area contributed by atoms with E-state index >= 15 is 0 Å². The molecule has 0 heterocycles. The smallest absolute Gasteiger partial charge is 0.326 e. The highest BCUT2D eigenvalue weighted by molar-refractivity contribution is 5.84. The fourth-order valence-electron chi connectivity index (χ4n) is 5.71. The first-order valence-electron chi connectivity index (χ1n) is 8.69. The van der Waals surface area contributed by atoms with Gasteiger partial charge in [-0.2, -0.15) is 0 Å². The number of rotatable bonds is 4. The van der Waals surface area contributed by atoms with E-state index in [1.807, 2.05) is 20.8 Å². The lowest BCUT2D eigenvalue weighted by Crippen LogP contribution is -2.52. The Bertz CT molecular complexity index is 442. The molecule has 4 nitrogen and oxygen atoms in total. The molecule has 0 aromatic heterocycles. The monoisotopic (exact) mass is 307 g/mol. The molecule has 0 unspecified atom stereocenters. The molecule has 0 aromatic rings. The Labute approximate surface area is 133 Å². The molecule has 4 aliphatic rings. The van der Waals surface area contributed by atoms with Crippen LogP contribution in [0.15, 0.2) is 0 Å². The van der Waals surface area contributed by atoms with E-state index in [1.165, 1.54) is 38.5 Å². The molecule has 0 saturated heterocycles. The van der Waals surface area contributed by atoms with E-state index in [-0.39, 0.29) is 11.3 Å². The molecule has 4 rings (SSSR count). The van der Waals surface area contributed by atoms with Gasteiger partial charge in [0.15, 0.2) is 0 Å². The Balaban J connectivity index is 1.65. The lowest BCUT2D eigenvalue weighted by atomic mass is 9.49. The van der Waals surface area contributed by atoms with Crippen LogP contribution in [0.5, 0.6) is 0 Å².